The predicted octanol–water partition coefficient (Wildman–Crippen LogP) is 1.85. The van der Waals surface area contributed by atoms with Gasteiger partial charge in [0.25, 0.3) is 5.91 Å². The van der Waals surface area contributed by atoms with E-state index in [1.807, 2.05) is 24.3 Å². The van der Waals surface area contributed by atoms with Crippen LogP contribution in [0.2, 0.25) is 0 Å². The molecule has 0 unspecified atom stereocenters. The Hall–Kier alpha value is -1.35. The van der Waals surface area contributed by atoms with Crippen LogP contribution in [0.4, 0.5) is 0 Å². The van der Waals surface area contributed by atoms with Crippen LogP contribution in [0, 0.1) is 0 Å². The first-order valence-electron chi connectivity index (χ1n) is 5.03. The molecule has 15 heavy (non-hydrogen) atoms. The van der Waals surface area contributed by atoms with Gasteiger partial charge in [-0.05, 0) is 23.1 Å². The first-order valence-corrected chi connectivity index (χ1v) is 5.03. The highest BCUT2D eigenvalue weighted by Gasteiger charge is 2.13. The van der Waals surface area contributed by atoms with Crippen LogP contribution >= 0.6 is 0 Å². The van der Waals surface area contributed by atoms with Gasteiger partial charge >= 0.3 is 0 Å². The quantitative estimate of drug-likeness (QED) is 0.725. The van der Waals surface area contributed by atoms with Gasteiger partial charge in [0.15, 0.2) is 0 Å². The lowest BCUT2D eigenvalue weighted by Crippen LogP contribution is -2.34. The molecule has 0 radical (unpaired) electrons. The normalized spacial score (nSPS) is 11.2. The van der Waals surface area contributed by atoms with E-state index >= 15 is 0 Å². The van der Waals surface area contributed by atoms with Crippen molar-refractivity contribution in [3.63, 3.8) is 0 Å². The zero-order valence-electron chi connectivity index (χ0n) is 9.72. The predicted molar refractivity (Wildman–Crippen MR) is 61.7 cm³/mol. The van der Waals surface area contributed by atoms with Crippen molar-refractivity contribution in [2.75, 3.05) is 7.05 Å². The van der Waals surface area contributed by atoms with Crippen LogP contribution in [0.25, 0.3) is 0 Å². The molecule has 3 nitrogen and oxygen atoms in total. The van der Waals surface area contributed by atoms with Crippen molar-refractivity contribution in [1.82, 2.24) is 10.9 Å². The summed E-state index contributed by atoms with van der Waals surface area (Å²) in [6.07, 6.45) is 0. The summed E-state index contributed by atoms with van der Waals surface area (Å²) in [5, 5.41) is 0. The molecule has 0 spiro atoms. The van der Waals surface area contributed by atoms with Gasteiger partial charge in [0.05, 0.1) is 0 Å². The number of hydrogen-bond donors (Lipinski definition) is 2. The van der Waals surface area contributed by atoms with Gasteiger partial charge in [-0.25, -0.2) is 5.43 Å². The standard InChI is InChI=1S/C12H18N2O/c1-12(2,3)10-7-5-9(6-8-10)11(15)14-13-4/h5-8,13H,1-4H3,(H,14,15). The van der Waals surface area contributed by atoms with E-state index < -0.39 is 0 Å². The minimum Gasteiger partial charge on any atom is -0.288 e. The molecular weight excluding hydrogens is 188 g/mol. The van der Waals surface area contributed by atoms with Crippen LogP contribution in [0.5, 0.6) is 0 Å². The number of hydrazine groups is 1. The summed E-state index contributed by atoms with van der Waals surface area (Å²) in [6.45, 7) is 6.45. The Kier molecular flexibility index (Phi) is 3.48. The van der Waals surface area contributed by atoms with Gasteiger partial charge in [-0.2, -0.15) is 0 Å². The van der Waals surface area contributed by atoms with Crippen molar-refractivity contribution in [3.05, 3.63) is 35.4 Å². The number of nitrogens with one attached hydrogen (secondary N) is 2. The molecule has 1 amide bonds. The van der Waals surface area contributed by atoms with Gasteiger partial charge in [-0.15, -0.1) is 0 Å². The molecule has 1 aromatic rings. The van der Waals surface area contributed by atoms with E-state index in [9.17, 15) is 4.79 Å². The lowest BCUT2D eigenvalue weighted by atomic mass is 9.87. The third-order valence-corrected chi connectivity index (χ3v) is 2.25. The lowest BCUT2D eigenvalue weighted by Gasteiger charge is -2.18. The molecule has 0 saturated carbocycles. The van der Waals surface area contributed by atoms with Crippen LogP contribution in [0.15, 0.2) is 24.3 Å². The summed E-state index contributed by atoms with van der Waals surface area (Å²) in [5.74, 6) is -0.113. The summed E-state index contributed by atoms with van der Waals surface area (Å²) in [4.78, 5) is 11.4. The van der Waals surface area contributed by atoms with Crippen molar-refractivity contribution >= 4 is 5.91 Å². The average molecular weight is 206 g/mol. The smallest absolute Gasteiger partial charge is 0.265 e. The van der Waals surface area contributed by atoms with Gasteiger partial charge in [0, 0.05) is 12.6 Å². The highest BCUT2D eigenvalue weighted by molar-refractivity contribution is 5.93. The van der Waals surface area contributed by atoms with Crippen molar-refractivity contribution in [3.8, 4) is 0 Å². The van der Waals surface area contributed by atoms with Gasteiger partial charge in [-0.1, -0.05) is 32.9 Å². The van der Waals surface area contributed by atoms with E-state index in [-0.39, 0.29) is 11.3 Å². The Morgan fingerprint density at radius 3 is 2.07 bits per heavy atom. The van der Waals surface area contributed by atoms with Gasteiger partial charge < -0.3 is 0 Å². The molecular formula is C12H18N2O. The summed E-state index contributed by atoms with van der Waals surface area (Å²) in [5.41, 5.74) is 7.16. The van der Waals surface area contributed by atoms with E-state index in [0.29, 0.717) is 5.56 Å². The molecule has 2 N–H and O–H groups in total. The maximum absolute atomic E-state index is 11.4. The molecule has 0 atom stereocenters. The Morgan fingerprint density at radius 2 is 1.67 bits per heavy atom. The highest BCUT2D eigenvalue weighted by atomic mass is 16.2. The molecule has 0 aliphatic heterocycles. The number of carbonyl (C=O) groups excluding carboxylic acids is 1. The van der Waals surface area contributed by atoms with Crippen molar-refractivity contribution in [1.29, 1.82) is 0 Å². The molecule has 0 fully saturated rings. The topological polar surface area (TPSA) is 41.1 Å². The Balaban J connectivity index is 2.86. The first kappa shape index (κ1) is 11.7. The van der Waals surface area contributed by atoms with Crippen LogP contribution in [0.3, 0.4) is 0 Å². The van der Waals surface area contributed by atoms with E-state index in [4.69, 9.17) is 0 Å². The maximum atomic E-state index is 11.4. The number of hydrogen-bond acceptors (Lipinski definition) is 2. The van der Waals surface area contributed by atoms with E-state index in [1.165, 1.54) is 5.56 Å². The fourth-order valence-electron chi connectivity index (χ4n) is 1.31. The van der Waals surface area contributed by atoms with Crippen molar-refractivity contribution < 1.29 is 4.79 Å². The van der Waals surface area contributed by atoms with E-state index in [2.05, 4.69) is 31.6 Å². The monoisotopic (exact) mass is 206 g/mol. The summed E-state index contributed by atoms with van der Waals surface area (Å²) in [6, 6.07) is 7.66. The summed E-state index contributed by atoms with van der Waals surface area (Å²) < 4.78 is 0. The summed E-state index contributed by atoms with van der Waals surface area (Å²) >= 11 is 0. The fraction of sp³-hybridized carbons (Fsp3) is 0.417. The Bertz CT molecular complexity index is 336. The van der Waals surface area contributed by atoms with Crippen molar-refractivity contribution in [2.24, 2.45) is 0 Å². The first-order chi connectivity index (χ1) is 6.95. The number of rotatable bonds is 2. The second kappa shape index (κ2) is 4.45. The number of carbonyl (C=O) groups is 1. The van der Waals surface area contributed by atoms with Gasteiger partial charge in [0.2, 0.25) is 0 Å². The van der Waals surface area contributed by atoms with Gasteiger partial charge in [0.1, 0.15) is 0 Å². The third-order valence-electron chi connectivity index (χ3n) is 2.25. The zero-order chi connectivity index (χ0) is 11.5. The molecule has 0 aliphatic rings. The molecule has 0 aromatic heterocycles. The number of benzene rings is 1. The molecule has 1 rings (SSSR count). The lowest BCUT2D eigenvalue weighted by molar-refractivity contribution is 0.0938. The van der Waals surface area contributed by atoms with Crippen LogP contribution < -0.4 is 10.9 Å². The Labute approximate surface area is 90.9 Å². The molecule has 1 aromatic carbocycles. The largest absolute Gasteiger partial charge is 0.288 e. The second-order valence-electron chi connectivity index (χ2n) is 4.53. The van der Waals surface area contributed by atoms with Gasteiger partial charge in [-0.3, -0.25) is 10.2 Å². The fourth-order valence-corrected chi connectivity index (χ4v) is 1.31. The van der Waals surface area contributed by atoms with Crippen LogP contribution in [0.1, 0.15) is 36.7 Å². The molecule has 0 aliphatic carbocycles. The molecule has 82 valence electrons. The van der Waals surface area contributed by atoms with Crippen LogP contribution in [-0.2, 0) is 5.41 Å². The average Bonchev–Trinajstić information content (AvgIpc) is 2.17. The summed E-state index contributed by atoms with van der Waals surface area (Å²) in [7, 11) is 1.67. The maximum Gasteiger partial charge on any atom is 0.265 e. The van der Waals surface area contributed by atoms with E-state index in [1.54, 1.807) is 7.05 Å². The molecule has 0 saturated heterocycles. The molecule has 3 heteroatoms. The molecule has 0 heterocycles. The molecule has 0 bridgehead atoms. The minimum absolute atomic E-state index is 0.113. The number of amides is 1. The zero-order valence-corrected chi connectivity index (χ0v) is 9.72. The third kappa shape index (κ3) is 3.06. The SMILES string of the molecule is CNNC(=O)c1ccc(C(C)(C)C)cc1. The van der Waals surface area contributed by atoms with Crippen molar-refractivity contribution in [2.45, 2.75) is 26.2 Å². The minimum atomic E-state index is -0.113. The van der Waals surface area contributed by atoms with E-state index in [0.717, 1.165) is 0 Å². The Morgan fingerprint density at radius 1 is 1.13 bits per heavy atom. The second-order valence-corrected chi connectivity index (χ2v) is 4.53. The van der Waals surface area contributed by atoms with Crippen LogP contribution in [-0.4, -0.2) is 13.0 Å². The highest BCUT2D eigenvalue weighted by Crippen LogP contribution is 2.21.